The van der Waals surface area contributed by atoms with E-state index in [-0.39, 0.29) is 10.3 Å². The van der Waals surface area contributed by atoms with Crippen LogP contribution in [-0.2, 0) is 5.41 Å². The van der Waals surface area contributed by atoms with Gasteiger partial charge in [0.05, 0.1) is 5.41 Å². The summed E-state index contributed by atoms with van der Waals surface area (Å²) in [6, 6.07) is 12.2. The molecule has 5 heteroatoms. The lowest BCUT2D eigenvalue weighted by Crippen LogP contribution is -2.31. The summed E-state index contributed by atoms with van der Waals surface area (Å²) in [5.74, 6) is 0.848. The molecule has 1 atom stereocenters. The average molecular weight is 297 g/mol. The summed E-state index contributed by atoms with van der Waals surface area (Å²) in [7, 11) is 0. The number of benzene rings is 2. The van der Waals surface area contributed by atoms with E-state index in [1.54, 1.807) is 0 Å². The fourth-order valence-electron chi connectivity index (χ4n) is 3.44. The highest BCUT2D eigenvalue weighted by Crippen LogP contribution is 2.50. The van der Waals surface area contributed by atoms with Crippen LogP contribution in [0.1, 0.15) is 11.1 Å². The Morgan fingerprint density at radius 1 is 1.05 bits per heavy atom. The van der Waals surface area contributed by atoms with Crippen LogP contribution in [0.25, 0.3) is 11.2 Å². The van der Waals surface area contributed by atoms with E-state index in [2.05, 4.69) is 23.5 Å². The van der Waals surface area contributed by atoms with Crippen molar-refractivity contribution in [3.8, 4) is 5.75 Å². The van der Waals surface area contributed by atoms with Crippen LogP contribution in [0, 0.1) is 4.90 Å². The van der Waals surface area contributed by atoms with Crippen molar-refractivity contribution in [1.82, 2.24) is 0 Å². The minimum atomic E-state index is -0.158. The monoisotopic (exact) mass is 297 g/mol. The highest BCUT2D eigenvalue weighted by molar-refractivity contribution is 7.71. The first-order valence-corrected chi connectivity index (χ1v) is 7.21. The molecule has 0 aliphatic carbocycles. The van der Waals surface area contributed by atoms with Crippen LogP contribution in [0.4, 0.5) is 5.69 Å². The Morgan fingerprint density at radius 2 is 1.86 bits per heavy atom. The fourth-order valence-corrected chi connectivity index (χ4v) is 3.62. The van der Waals surface area contributed by atoms with E-state index < -0.39 is 0 Å². The molecule has 2 aliphatic heterocycles. The molecule has 21 heavy (non-hydrogen) atoms. The second-order valence-corrected chi connectivity index (χ2v) is 5.85. The molecule has 2 aliphatic rings. The number of fused-ring (bicyclic) bond motifs is 5. The molecule has 1 aromatic heterocycles. The van der Waals surface area contributed by atoms with Gasteiger partial charge >= 0.3 is 4.90 Å². The lowest BCUT2D eigenvalue weighted by atomic mass is 9.78. The number of ether oxygens (including phenoxy) is 1. The third-order valence-electron chi connectivity index (χ3n) is 4.45. The zero-order valence-electron chi connectivity index (χ0n) is 11.0. The molecule has 0 fully saturated rings. The Hall–Kier alpha value is -2.27. The van der Waals surface area contributed by atoms with Gasteiger partial charge in [-0.15, -0.1) is 0 Å². The summed E-state index contributed by atoms with van der Waals surface area (Å²) < 4.78 is 16.8. The Labute approximate surface area is 125 Å². The van der Waals surface area contributed by atoms with Crippen LogP contribution < -0.4 is 10.1 Å². The molecule has 5 rings (SSSR count). The summed E-state index contributed by atoms with van der Waals surface area (Å²) in [6.45, 7) is 1.45. The van der Waals surface area contributed by atoms with Gasteiger partial charge in [-0.3, -0.25) is 0 Å². The quantitative estimate of drug-likeness (QED) is 0.638. The normalized spacial score (nSPS) is 22.1. The molecule has 4 nitrogen and oxygen atoms in total. The van der Waals surface area contributed by atoms with E-state index in [9.17, 15) is 0 Å². The van der Waals surface area contributed by atoms with Gasteiger partial charge in [0.1, 0.15) is 12.4 Å². The molecular formula is C16H11NO3S. The Bertz CT molecular complexity index is 942. The van der Waals surface area contributed by atoms with Crippen molar-refractivity contribution in [2.75, 3.05) is 18.5 Å². The van der Waals surface area contributed by atoms with E-state index in [1.165, 1.54) is 11.3 Å². The first kappa shape index (κ1) is 11.4. The van der Waals surface area contributed by atoms with Crippen molar-refractivity contribution in [2.45, 2.75) is 5.41 Å². The molecule has 1 N–H and O–H groups in total. The van der Waals surface area contributed by atoms with E-state index >= 15 is 0 Å². The molecule has 0 amide bonds. The number of hydrogen-bond donors (Lipinski definition) is 1. The van der Waals surface area contributed by atoms with Gasteiger partial charge in [-0.05, 0) is 17.7 Å². The van der Waals surface area contributed by atoms with Gasteiger partial charge in [-0.1, -0.05) is 18.2 Å². The molecule has 1 spiro atoms. The molecule has 0 saturated heterocycles. The zero-order chi connectivity index (χ0) is 14.0. The first-order chi connectivity index (χ1) is 10.3. The predicted molar refractivity (Wildman–Crippen MR) is 80.5 cm³/mol. The van der Waals surface area contributed by atoms with Crippen molar-refractivity contribution in [2.24, 2.45) is 0 Å². The molecule has 0 radical (unpaired) electrons. The maximum atomic E-state index is 5.93. The molecule has 0 saturated carbocycles. The Balaban J connectivity index is 1.81. The smallest absolute Gasteiger partial charge is 0.363 e. The van der Waals surface area contributed by atoms with E-state index in [4.69, 9.17) is 25.8 Å². The fraction of sp³-hybridized carbons (Fsp3) is 0.188. The van der Waals surface area contributed by atoms with Crippen LogP contribution in [0.3, 0.4) is 0 Å². The number of anilines is 1. The lowest BCUT2D eigenvalue weighted by molar-refractivity contribution is 0.302. The number of rotatable bonds is 0. The van der Waals surface area contributed by atoms with Crippen LogP contribution in [0.5, 0.6) is 5.75 Å². The van der Waals surface area contributed by atoms with Gasteiger partial charge in [0.2, 0.25) is 0 Å². The lowest BCUT2D eigenvalue weighted by Gasteiger charge is -2.21. The zero-order valence-corrected chi connectivity index (χ0v) is 11.8. The van der Waals surface area contributed by atoms with Crippen molar-refractivity contribution < 1.29 is 13.6 Å². The van der Waals surface area contributed by atoms with E-state index in [1.807, 2.05) is 18.2 Å². The standard InChI is InChI=1S/C16H11NO3S/c21-15-19-13-5-10-12(6-14(13)20-15)18-8-16(10)7-17-11-4-2-1-3-9(11)16/h1-6,17H,7-8H2. The summed E-state index contributed by atoms with van der Waals surface area (Å²) in [4.78, 5) is 0.146. The molecular weight excluding hydrogens is 286 g/mol. The maximum Gasteiger partial charge on any atom is 0.363 e. The van der Waals surface area contributed by atoms with Gasteiger partial charge in [0.25, 0.3) is 0 Å². The number of para-hydroxylation sites is 1. The van der Waals surface area contributed by atoms with Gasteiger partial charge in [-0.25, -0.2) is 0 Å². The molecule has 0 bridgehead atoms. The minimum Gasteiger partial charge on any atom is -0.492 e. The van der Waals surface area contributed by atoms with Crippen molar-refractivity contribution in [1.29, 1.82) is 0 Å². The van der Waals surface area contributed by atoms with E-state index in [0.29, 0.717) is 17.8 Å². The average Bonchev–Trinajstić information content (AvgIpc) is 3.14. The summed E-state index contributed by atoms with van der Waals surface area (Å²) in [5, 5.41) is 3.47. The van der Waals surface area contributed by atoms with Crippen molar-refractivity contribution >= 4 is 29.1 Å². The summed E-state index contributed by atoms with van der Waals surface area (Å²) in [6.07, 6.45) is 0. The van der Waals surface area contributed by atoms with Crippen molar-refractivity contribution in [3.05, 3.63) is 52.4 Å². The van der Waals surface area contributed by atoms with Crippen molar-refractivity contribution in [3.63, 3.8) is 0 Å². The first-order valence-electron chi connectivity index (χ1n) is 6.81. The highest BCUT2D eigenvalue weighted by atomic mass is 32.1. The summed E-state index contributed by atoms with van der Waals surface area (Å²) in [5.41, 5.74) is 4.72. The van der Waals surface area contributed by atoms with Crippen LogP contribution >= 0.6 is 12.2 Å². The van der Waals surface area contributed by atoms with Gasteiger partial charge in [0.15, 0.2) is 11.2 Å². The van der Waals surface area contributed by atoms with Gasteiger partial charge in [0, 0.05) is 36.1 Å². The van der Waals surface area contributed by atoms with E-state index in [0.717, 1.165) is 17.9 Å². The molecule has 3 aromatic rings. The Morgan fingerprint density at radius 3 is 2.76 bits per heavy atom. The van der Waals surface area contributed by atoms with Gasteiger partial charge in [-0.2, -0.15) is 0 Å². The van der Waals surface area contributed by atoms with Gasteiger partial charge < -0.3 is 18.9 Å². The number of nitrogens with one attached hydrogen (secondary N) is 1. The third-order valence-corrected chi connectivity index (χ3v) is 4.61. The van der Waals surface area contributed by atoms with Crippen LogP contribution in [0.15, 0.2) is 45.2 Å². The van der Waals surface area contributed by atoms with Crippen LogP contribution in [0.2, 0.25) is 0 Å². The molecule has 104 valence electrons. The second kappa shape index (κ2) is 3.68. The highest BCUT2D eigenvalue weighted by Gasteiger charge is 2.47. The largest absolute Gasteiger partial charge is 0.492 e. The van der Waals surface area contributed by atoms with Crippen LogP contribution in [-0.4, -0.2) is 13.2 Å². The molecule has 2 aromatic carbocycles. The minimum absolute atomic E-state index is 0.146. The summed E-state index contributed by atoms with van der Waals surface area (Å²) >= 11 is 4.96. The Kier molecular flexibility index (Phi) is 2.00. The predicted octanol–water partition coefficient (Wildman–Crippen LogP) is 3.86. The molecule has 1 unspecified atom stereocenters. The SMILES string of the molecule is S=c1oc2cc3c(cc2o1)C1(CNc2ccccc21)CO3. The number of hydrogen-bond acceptors (Lipinski definition) is 5. The third kappa shape index (κ3) is 1.36. The molecule has 3 heterocycles. The topological polar surface area (TPSA) is 47.5 Å². The second-order valence-electron chi connectivity index (χ2n) is 5.52. The maximum absolute atomic E-state index is 5.93.